The van der Waals surface area contributed by atoms with Crippen molar-refractivity contribution in [2.24, 2.45) is 0 Å². The SMILES string of the molecule is O=C(Nc1nc(-c2ccccn2)cs1)c1csc(Cc2ccccc2)n1. The largest absolute Gasteiger partial charge is 0.296 e. The van der Waals surface area contributed by atoms with Crippen LogP contribution in [-0.2, 0) is 6.42 Å². The van der Waals surface area contributed by atoms with E-state index in [9.17, 15) is 4.79 Å². The minimum atomic E-state index is -0.248. The highest BCUT2D eigenvalue weighted by molar-refractivity contribution is 7.14. The number of anilines is 1. The van der Waals surface area contributed by atoms with Crippen LogP contribution >= 0.6 is 22.7 Å². The van der Waals surface area contributed by atoms with E-state index in [0.29, 0.717) is 10.8 Å². The van der Waals surface area contributed by atoms with Crippen LogP contribution in [0.2, 0.25) is 0 Å². The molecule has 0 saturated carbocycles. The number of nitrogens with one attached hydrogen (secondary N) is 1. The van der Waals surface area contributed by atoms with Crippen molar-refractivity contribution in [3.05, 3.63) is 81.8 Å². The van der Waals surface area contributed by atoms with E-state index in [4.69, 9.17) is 0 Å². The summed E-state index contributed by atoms with van der Waals surface area (Å²) in [7, 11) is 0. The van der Waals surface area contributed by atoms with Crippen molar-refractivity contribution in [3.63, 3.8) is 0 Å². The molecule has 0 bridgehead atoms. The second-order valence-electron chi connectivity index (χ2n) is 5.50. The molecule has 0 radical (unpaired) electrons. The lowest BCUT2D eigenvalue weighted by molar-refractivity contribution is 0.102. The molecule has 0 spiro atoms. The number of aromatic nitrogens is 3. The Kier molecular flexibility index (Phi) is 4.81. The number of benzene rings is 1. The molecular formula is C19H14N4OS2. The summed E-state index contributed by atoms with van der Waals surface area (Å²) < 4.78 is 0. The first kappa shape index (κ1) is 16.6. The maximum absolute atomic E-state index is 12.4. The molecule has 4 rings (SSSR count). The highest BCUT2D eigenvalue weighted by Gasteiger charge is 2.14. The van der Waals surface area contributed by atoms with E-state index >= 15 is 0 Å². The Morgan fingerprint density at radius 1 is 0.923 bits per heavy atom. The van der Waals surface area contributed by atoms with Gasteiger partial charge in [0.15, 0.2) is 5.13 Å². The summed E-state index contributed by atoms with van der Waals surface area (Å²) in [6, 6.07) is 15.7. The van der Waals surface area contributed by atoms with Gasteiger partial charge in [0.1, 0.15) is 11.4 Å². The highest BCUT2D eigenvalue weighted by Crippen LogP contribution is 2.24. The van der Waals surface area contributed by atoms with Crippen LogP contribution in [0.4, 0.5) is 5.13 Å². The second-order valence-corrected chi connectivity index (χ2v) is 7.30. The van der Waals surface area contributed by atoms with Gasteiger partial charge in [-0.15, -0.1) is 22.7 Å². The lowest BCUT2D eigenvalue weighted by atomic mass is 10.2. The van der Waals surface area contributed by atoms with E-state index in [2.05, 4.69) is 32.4 Å². The summed E-state index contributed by atoms with van der Waals surface area (Å²) in [5.41, 5.74) is 3.11. The van der Waals surface area contributed by atoms with Crippen molar-refractivity contribution in [2.45, 2.75) is 6.42 Å². The van der Waals surface area contributed by atoms with Crippen molar-refractivity contribution >= 4 is 33.7 Å². The van der Waals surface area contributed by atoms with Crippen molar-refractivity contribution in [2.75, 3.05) is 5.32 Å². The Bertz CT molecular complexity index is 1010. The van der Waals surface area contributed by atoms with E-state index in [0.717, 1.165) is 22.8 Å². The van der Waals surface area contributed by atoms with E-state index in [1.54, 1.807) is 11.6 Å². The third-order valence-corrected chi connectivity index (χ3v) is 5.24. The molecule has 1 N–H and O–H groups in total. The van der Waals surface area contributed by atoms with Gasteiger partial charge in [0, 0.05) is 23.4 Å². The summed E-state index contributed by atoms with van der Waals surface area (Å²) in [5, 5.41) is 7.91. The average molecular weight is 378 g/mol. The molecule has 3 aromatic heterocycles. The molecule has 0 aliphatic rings. The van der Waals surface area contributed by atoms with Crippen molar-refractivity contribution in [3.8, 4) is 11.4 Å². The van der Waals surface area contributed by atoms with Gasteiger partial charge in [-0.2, -0.15) is 0 Å². The first-order valence-corrected chi connectivity index (χ1v) is 9.70. The zero-order chi connectivity index (χ0) is 17.8. The second kappa shape index (κ2) is 7.55. The van der Waals surface area contributed by atoms with Crippen LogP contribution in [0.5, 0.6) is 0 Å². The first-order chi connectivity index (χ1) is 12.8. The molecule has 0 fully saturated rings. The fraction of sp³-hybridized carbons (Fsp3) is 0.0526. The smallest absolute Gasteiger partial charge is 0.276 e. The van der Waals surface area contributed by atoms with Crippen molar-refractivity contribution < 1.29 is 4.79 Å². The van der Waals surface area contributed by atoms with Crippen LogP contribution in [-0.4, -0.2) is 20.9 Å². The van der Waals surface area contributed by atoms with E-state index in [1.165, 1.54) is 28.2 Å². The van der Waals surface area contributed by atoms with E-state index in [-0.39, 0.29) is 5.91 Å². The van der Waals surface area contributed by atoms with E-state index in [1.807, 2.05) is 41.8 Å². The summed E-state index contributed by atoms with van der Waals surface area (Å²) in [5.74, 6) is -0.248. The summed E-state index contributed by atoms with van der Waals surface area (Å²) in [6.45, 7) is 0. The Hall–Kier alpha value is -2.90. The molecule has 7 heteroatoms. The third-order valence-electron chi connectivity index (χ3n) is 3.63. The van der Waals surface area contributed by atoms with Crippen LogP contribution in [0, 0.1) is 0 Å². The lowest BCUT2D eigenvalue weighted by Crippen LogP contribution is -2.12. The number of carbonyl (C=O) groups excluding carboxylic acids is 1. The number of rotatable bonds is 5. The molecule has 4 aromatic rings. The Morgan fingerprint density at radius 3 is 2.58 bits per heavy atom. The maximum atomic E-state index is 12.4. The van der Waals surface area contributed by atoms with Crippen LogP contribution in [0.1, 0.15) is 21.1 Å². The normalized spacial score (nSPS) is 10.6. The number of amides is 1. The predicted octanol–water partition coefficient (Wildman–Crippen LogP) is 4.50. The molecular weight excluding hydrogens is 364 g/mol. The van der Waals surface area contributed by atoms with Crippen molar-refractivity contribution in [1.29, 1.82) is 0 Å². The number of nitrogens with zero attached hydrogens (tertiary/aromatic N) is 3. The third kappa shape index (κ3) is 3.84. The predicted molar refractivity (Wildman–Crippen MR) is 105 cm³/mol. The first-order valence-electron chi connectivity index (χ1n) is 7.94. The molecule has 1 amide bonds. The zero-order valence-electron chi connectivity index (χ0n) is 13.6. The van der Waals surface area contributed by atoms with Gasteiger partial charge in [-0.3, -0.25) is 15.1 Å². The van der Waals surface area contributed by atoms with Crippen LogP contribution in [0.25, 0.3) is 11.4 Å². The van der Waals surface area contributed by atoms with Gasteiger partial charge in [-0.05, 0) is 17.7 Å². The molecule has 128 valence electrons. The minimum absolute atomic E-state index is 0.248. The van der Waals surface area contributed by atoms with Crippen molar-refractivity contribution in [1.82, 2.24) is 15.0 Å². The standard InChI is InChI=1S/C19H14N4OS2/c24-18(16-12-25-17(21-16)10-13-6-2-1-3-7-13)23-19-22-15(11-26-19)14-8-4-5-9-20-14/h1-9,11-12H,10H2,(H,22,23,24). The molecule has 3 heterocycles. The fourth-order valence-electron chi connectivity index (χ4n) is 2.39. The molecule has 0 atom stereocenters. The van der Waals surface area contributed by atoms with Gasteiger partial charge in [-0.25, -0.2) is 9.97 Å². The number of carbonyl (C=O) groups is 1. The Balaban J connectivity index is 1.43. The monoisotopic (exact) mass is 378 g/mol. The van der Waals surface area contributed by atoms with Gasteiger partial charge in [-0.1, -0.05) is 36.4 Å². The molecule has 26 heavy (non-hydrogen) atoms. The van der Waals surface area contributed by atoms with Gasteiger partial charge in [0.25, 0.3) is 5.91 Å². The summed E-state index contributed by atoms with van der Waals surface area (Å²) >= 11 is 2.86. The van der Waals surface area contributed by atoms with Crippen LogP contribution < -0.4 is 5.32 Å². The van der Waals surface area contributed by atoms with Gasteiger partial charge in [0.2, 0.25) is 0 Å². The van der Waals surface area contributed by atoms with Crippen LogP contribution in [0.15, 0.2) is 65.5 Å². The van der Waals surface area contributed by atoms with Gasteiger partial charge < -0.3 is 0 Å². The molecule has 1 aromatic carbocycles. The summed E-state index contributed by atoms with van der Waals surface area (Å²) in [4.78, 5) is 25.5. The average Bonchev–Trinajstić information content (AvgIpc) is 3.33. The zero-order valence-corrected chi connectivity index (χ0v) is 15.3. The number of pyridine rings is 1. The quantitative estimate of drug-likeness (QED) is 0.555. The highest BCUT2D eigenvalue weighted by atomic mass is 32.1. The molecule has 0 aliphatic carbocycles. The molecule has 5 nitrogen and oxygen atoms in total. The lowest BCUT2D eigenvalue weighted by Gasteiger charge is -1.98. The Morgan fingerprint density at radius 2 is 1.77 bits per heavy atom. The minimum Gasteiger partial charge on any atom is -0.296 e. The van der Waals surface area contributed by atoms with Gasteiger partial charge in [0.05, 0.1) is 10.7 Å². The van der Waals surface area contributed by atoms with Gasteiger partial charge >= 0.3 is 0 Å². The van der Waals surface area contributed by atoms with Crippen LogP contribution in [0.3, 0.4) is 0 Å². The summed E-state index contributed by atoms with van der Waals surface area (Å²) in [6.07, 6.45) is 2.44. The molecule has 0 unspecified atom stereocenters. The maximum Gasteiger partial charge on any atom is 0.276 e. The number of hydrogen-bond acceptors (Lipinski definition) is 6. The number of hydrogen-bond donors (Lipinski definition) is 1. The number of thiazole rings is 2. The Labute approximate surface area is 158 Å². The fourth-order valence-corrected chi connectivity index (χ4v) is 3.90. The van der Waals surface area contributed by atoms with E-state index < -0.39 is 0 Å². The molecule has 0 saturated heterocycles. The topological polar surface area (TPSA) is 67.8 Å². The molecule has 0 aliphatic heterocycles.